The summed E-state index contributed by atoms with van der Waals surface area (Å²) in [6, 6.07) is 0. The fourth-order valence-corrected chi connectivity index (χ4v) is 3.47. The van der Waals surface area contributed by atoms with Crippen molar-refractivity contribution in [1.82, 2.24) is 0 Å². The van der Waals surface area contributed by atoms with Crippen molar-refractivity contribution in [2.45, 2.75) is 77.6 Å². The summed E-state index contributed by atoms with van der Waals surface area (Å²) in [5.41, 5.74) is 0. The molecular formula is C20H34. The van der Waals surface area contributed by atoms with Crippen molar-refractivity contribution in [1.29, 1.82) is 0 Å². The van der Waals surface area contributed by atoms with E-state index in [1.165, 1.54) is 70.6 Å². The molecule has 0 nitrogen and oxygen atoms in total. The van der Waals surface area contributed by atoms with Crippen molar-refractivity contribution in [3.8, 4) is 0 Å². The second-order valence-corrected chi connectivity index (χ2v) is 6.29. The number of hydrogen-bond donors (Lipinski definition) is 0. The van der Waals surface area contributed by atoms with Crippen molar-refractivity contribution in [2.24, 2.45) is 11.8 Å². The normalized spacial score (nSPS) is 23.1. The molecule has 2 atom stereocenters. The number of allylic oxidation sites excluding steroid dienone is 5. The highest BCUT2D eigenvalue weighted by Gasteiger charge is 2.25. The summed E-state index contributed by atoms with van der Waals surface area (Å²) in [5, 5.41) is 0. The van der Waals surface area contributed by atoms with Crippen LogP contribution in [0.2, 0.25) is 0 Å². The van der Waals surface area contributed by atoms with E-state index >= 15 is 0 Å². The lowest BCUT2D eigenvalue weighted by Crippen LogP contribution is -2.06. The van der Waals surface area contributed by atoms with E-state index < -0.39 is 0 Å². The van der Waals surface area contributed by atoms with E-state index in [4.69, 9.17) is 0 Å². The molecule has 0 heteroatoms. The fraction of sp³-hybridized carbons (Fsp3) is 0.700. The van der Waals surface area contributed by atoms with Crippen LogP contribution in [0.25, 0.3) is 0 Å². The molecule has 0 spiro atoms. The van der Waals surface area contributed by atoms with E-state index in [1.54, 1.807) is 0 Å². The Balaban J connectivity index is 2.12. The quantitative estimate of drug-likeness (QED) is 0.286. The van der Waals surface area contributed by atoms with Crippen LogP contribution in [0.3, 0.4) is 0 Å². The van der Waals surface area contributed by atoms with Crippen molar-refractivity contribution in [3.63, 3.8) is 0 Å². The maximum Gasteiger partial charge on any atom is -0.0316 e. The van der Waals surface area contributed by atoms with E-state index in [1.807, 2.05) is 12.2 Å². The van der Waals surface area contributed by atoms with Crippen LogP contribution in [0.1, 0.15) is 77.6 Å². The molecule has 1 fully saturated rings. The van der Waals surface area contributed by atoms with Crippen molar-refractivity contribution in [3.05, 3.63) is 37.0 Å². The largest absolute Gasteiger partial charge is 0.0991 e. The van der Waals surface area contributed by atoms with Crippen molar-refractivity contribution in [2.75, 3.05) is 0 Å². The Morgan fingerprint density at radius 1 is 0.900 bits per heavy atom. The molecule has 0 saturated heterocycles. The molecule has 1 aliphatic carbocycles. The zero-order valence-corrected chi connectivity index (χ0v) is 13.5. The molecule has 0 aliphatic heterocycles. The third-order valence-electron chi connectivity index (χ3n) is 4.68. The topological polar surface area (TPSA) is 0 Å². The monoisotopic (exact) mass is 274 g/mol. The average Bonchev–Trinajstić information content (AvgIpc) is 2.90. The minimum absolute atomic E-state index is 0.957. The van der Waals surface area contributed by atoms with Gasteiger partial charge in [0.15, 0.2) is 0 Å². The second kappa shape index (κ2) is 12.0. The van der Waals surface area contributed by atoms with Crippen LogP contribution < -0.4 is 0 Å². The summed E-state index contributed by atoms with van der Waals surface area (Å²) in [6.45, 7) is 5.98. The van der Waals surface area contributed by atoms with Gasteiger partial charge in [0, 0.05) is 0 Å². The Morgan fingerprint density at radius 2 is 1.65 bits per heavy atom. The number of hydrogen-bond acceptors (Lipinski definition) is 0. The Morgan fingerprint density at radius 3 is 2.45 bits per heavy atom. The second-order valence-electron chi connectivity index (χ2n) is 6.29. The predicted octanol–water partition coefficient (Wildman–Crippen LogP) is 6.84. The van der Waals surface area contributed by atoms with Gasteiger partial charge in [0.2, 0.25) is 0 Å². The van der Waals surface area contributed by atoms with Crippen LogP contribution in [-0.2, 0) is 0 Å². The van der Waals surface area contributed by atoms with Crippen LogP contribution in [0.4, 0.5) is 0 Å². The van der Waals surface area contributed by atoms with Gasteiger partial charge in [-0.3, -0.25) is 0 Å². The molecule has 1 saturated carbocycles. The Labute approximate surface area is 127 Å². The molecule has 114 valence electrons. The minimum Gasteiger partial charge on any atom is -0.0991 e. The average molecular weight is 274 g/mol. The van der Waals surface area contributed by atoms with E-state index in [2.05, 4.69) is 31.7 Å². The molecule has 0 aromatic rings. The van der Waals surface area contributed by atoms with E-state index in [0.717, 1.165) is 11.8 Å². The lowest BCUT2D eigenvalue weighted by Gasteiger charge is -2.17. The maximum absolute atomic E-state index is 3.69. The smallest absolute Gasteiger partial charge is 0.0316 e. The third kappa shape index (κ3) is 7.72. The molecule has 0 heterocycles. The molecule has 0 unspecified atom stereocenters. The molecule has 20 heavy (non-hydrogen) atoms. The van der Waals surface area contributed by atoms with Crippen LogP contribution in [0.5, 0.6) is 0 Å². The molecule has 0 amide bonds. The van der Waals surface area contributed by atoms with Crippen molar-refractivity contribution >= 4 is 0 Å². The van der Waals surface area contributed by atoms with E-state index in [0.29, 0.717) is 0 Å². The van der Waals surface area contributed by atoms with Gasteiger partial charge < -0.3 is 0 Å². The van der Waals surface area contributed by atoms with E-state index in [-0.39, 0.29) is 0 Å². The highest BCUT2D eigenvalue weighted by atomic mass is 14.3. The molecule has 0 aromatic carbocycles. The summed E-state index contributed by atoms with van der Waals surface area (Å²) in [5.74, 6) is 1.97. The summed E-state index contributed by atoms with van der Waals surface area (Å²) in [4.78, 5) is 0. The molecule has 0 bridgehead atoms. The third-order valence-corrected chi connectivity index (χ3v) is 4.68. The van der Waals surface area contributed by atoms with Crippen LogP contribution in [0, 0.1) is 11.8 Å². The highest BCUT2D eigenvalue weighted by Crippen LogP contribution is 2.37. The molecule has 0 radical (unpaired) electrons. The summed E-state index contributed by atoms with van der Waals surface area (Å²) >= 11 is 0. The van der Waals surface area contributed by atoms with Gasteiger partial charge in [-0.1, -0.05) is 102 Å². The molecule has 0 aromatic heterocycles. The fourth-order valence-electron chi connectivity index (χ4n) is 3.47. The summed E-state index contributed by atoms with van der Waals surface area (Å²) in [6.07, 6.45) is 26.2. The molecular weight excluding hydrogens is 240 g/mol. The van der Waals surface area contributed by atoms with Crippen molar-refractivity contribution < 1.29 is 0 Å². The first-order valence-electron chi connectivity index (χ1n) is 8.82. The zero-order chi connectivity index (χ0) is 14.5. The number of unbranched alkanes of at least 4 members (excludes halogenated alkanes) is 5. The van der Waals surface area contributed by atoms with Gasteiger partial charge in [0.1, 0.15) is 0 Å². The maximum atomic E-state index is 3.69. The Kier molecular flexibility index (Phi) is 10.4. The summed E-state index contributed by atoms with van der Waals surface area (Å²) < 4.78 is 0. The van der Waals surface area contributed by atoms with Crippen LogP contribution in [0.15, 0.2) is 37.0 Å². The van der Waals surface area contributed by atoms with Gasteiger partial charge in [-0.2, -0.15) is 0 Å². The molecule has 1 rings (SSSR count). The van der Waals surface area contributed by atoms with Crippen LogP contribution in [-0.4, -0.2) is 0 Å². The zero-order valence-electron chi connectivity index (χ0n) is 13.5. The lowest BCUT2D eigenvalue weighted by molar-refractivity contribution is 0.352. The van der Waals surface area contributed by atoms with Gasteiger partial charge in [-0.05, 0) is 24.7 Å². The van der Waals surface area contributed by atoms with Gasteiger partial charge in [0.05, 0.1) is 0 Å². The predicted molar refractivity (Wildman–Crippen MR) is 91.9 cm³/mol. The SMILES string of the molecule is C=CC=CC=CC[C@H]1CCC[C@@H]1CCCCCCCC. The molecule has 1 aliphatic rings. The van der Waals surface area contributed by atoms with Crippen LogP contribution >= 0.6 is 0 Å². The Bertz CT molecular complexity index is 284. The summed E-state index contributed by atoms with van der Waals surface area (Å²) in [7, 11) is 0. The van der Waals surface area contributed by atoms with Gasteiger partial charge >= 0.3 is 0 Å². The minimum atomic E-state index is 0.957. The molecule has 0 N–H and O–H groups in total. The number of rotatable bonds is 11. The highest BCUT2D eigenvalue weighted by molar-refractivity contribution is 5.09. The standard InChI is InChI=1S/C20H34/c1-3-5-7-9-11-13-16-20-18-14-17-19(20)15-12-10-8-6-4-2/h4,6,8,10,12,19-20H,2-3,5,7,9,11,13-18H2,1H3/t19-,20-/m0/s1. The first-order chi connectivity index (χ1) is 9.88. The Hall–Kier alpha value is -0.780. The van der Waals surface area contributed by atoms with Gasteiger partial charge in [-0.25, -0.2) is 0 Å². The lowest BCUT2D eigenvalue weighted by atomic mass is 9.88. The first-order valence-corrected chi connectivity index (χ1v) is 8.82. The van der Waals surface area contributed by atoms with E-state index in [9.17, 15) is 0 Å². The van der Waals surface area contributed by atoms with Gasteiger partial charge in [0.25, 0.3) is 0 Å². The van der Waals surface area contributed by atoms with Gasteiger partial charge in [-0.15, -0.1) is 0 Å². The first kappa shape index (κ1) is 17.3.